The Morgan fingerprint density at radius 3 is 2.72 bits per heavy atom. The highest BCUT2D eigenvalue weighted by atomic mass is 35.5. The van der Waals surface area contributed by atoms with Gasteiger partial charge in [0.15, 0.2) is 5.89 Å². The van der Waals surface area contributed by atoms with Crippen LogP contribution in [0.1, 0.15) is 49.8 Å². The number of aryl methyl sites for hydroxylation is 2. The first-order valence-corrected chi connectivity index (χ1v) is 11.9. The Morgan fingerprint density at radius 1 is 1.31 bits per heavy atom. The maximum atomic E-state index is 12.4. The number of hydrogen-bond acceptors (Lipinski definition) is 6. The van der Waals surface area contributed by atoms with Gasteiger partial charge in [0.1, 0.15) is 11.4 Å². The number of ether oxygens (including phenoxy) is 2. The van der Waals surface area contributed by atoms with Gasteiger partial charge in [-0.25, -0.2) is 9.78 Å². The Bertz CT molecular complexity index is 935. The zero-order valence-corrected chi connectivity index (χ0v) is 19.9. The van der Waals surface area contributed by atoms with Crippen LogP contribution >= 0.6 is 11.6 Å². The quantitative estimate of drug-likeness (QED) is 0.545. The molecular weight excluding hydrogens is 430 g/mol. The van der Waals surface area contributed by atoms with Gasteiger partial charge in [-0.2, -0.15) is 0 Å². The van der Waals surface area contributed by atoms with E-state index in [1.54, 1.807) is 18.9 Å². The SMILES string of the molecule is CCc1nc(C)c(OC(=O)N(C)CC2CC(Oc3ccc(CN4CCCC4)c(Cl)c3)C2)o1. The van der Waals surface area contributed by atoms with Crippen LogP contribution in [-0.2, 0) is 13.0 Å². The number of oxazole rings is 1. The molecule has 1 aliphatic carbocycles. The molecule has 2 aromatic rings. The van der Waals surface area contributed by atoms with E-state index < -0.39 is 6.09 Å². The Labute approximate surface area is 194 Å². The minimum absolute atomic E-state index is 0.147. The maximum Gasteiger partial charge on any atom is 0.417 e. The first-order chi connectivity index (χ1) is 15.4. The van der Waals surface area contributed by atoms with Crippen LogP contribution in [0.15, 0.2) is 22.6 Å². The van der Waals surface area contributed by atoms with Crippen molar-refractivity contribution >= 4 is 17.7 Å². The molecular formula is C24H32ClN3O4. The fourth-order valence-corrected chi connectivity index (χ4v) is 4.56. The van der Waals surface area contributed by atoms with Crippen molar-refractivity contribution in [2.75, 3.05) is 26.7 Å². The number of aromatic nitrogens is 1. The van der Waals surface area contributed by atoms with E-state index in [1.807, 2.05) is 19.1 Å². The smallest absolute Gasteiger partial charge is 0.417 e. The molecule has 1 aromatic carbocycles. The molecule has 2 fully saturated rings. The van der Waals surface area contributed by atoms with Gasteiger partial charge in [-0.05, 0) is 69.3 Å². The third-order valence-corrected chi connectivity index (χ3v) is 6.59. The predicted octanol–water partition coefficient (Wildman–Crippen LogP) is 5.08. The van der Waals surface area contributed by atoms with E-state index in [4.69, 9.17) is 25.5 Å². The van der Waals surface area contributed by atoms with Crippen molar-refractivity contribution in [3.05, 3.63) is 40.4 Å². The number of rotatable bonds is 8. The van der Waals surface area contributed by atoms with E-state index in [-0.39, 0.29) is 12.1 Å². The summed E-state index contributed by atoms with van der Waals surface area (Å²) in [6.07, 6.45) is 4.70. The zero-order chi connectivity index (χ0) is 22.7. The minimum Gasteiger partial charge on any atom is -0.490 e. The molecule has 0 bridgehead atoms. The summed E-state index contributed by atoms with van der Waals surface area (Å²) in [5.74, 6) is 1.93. The number of hydrogen-bond donors (Lipinski definition) is 0. The second-order valence-electron chi connectivity index (χ2n) is 8.90. The third-order valence-electron chi connectivity index (χ3n) is 6.24. The van der Waals surface area contributed by atoms with E-state index in [0.29, 0.717) is 30.5 Å². The molecule has 1 saturated carbocycles. The predicted molar refractivity (Wildman–Crippen MR) is 122 cm³/mol. The number of likely N-dealkylation sites (tertiary alicyclic amines) is 1. The molecule has 1 amide bonds. The van der Waals surface area contributed by atoms with Crippen molar-refractivity contribution in [2.24, 2.45) is 5.92 Å². The van der Waals surface area contributed by atoms with Crippen molar-refractivity contribution in [1.82, 2.24) is 14.8 Å². The highest BCUT2D eigenvalue weighted by molar-refractivity contribution is 6.31. The van der Waals surface area contributed by atoms with E-state index in [1.165, 1.54) is 12.8 Å². The van der Waals surface area contributed by atoms with Crippen LogP contribution < -0.4 is 9.47 Å². The topological polar surface area (TPSA) is 68.0 Å². The number of benzene rings is 1. The highest BCUT2D eigenvalue weighted by Gasteiger charge is 2.33. The lowest BCUT2D eigenvalue weighted by atomic mass is 9.82. The number of halogens is 1. The van der Waals surface area contributed by atoms with Crippen molar-refractivity contribution in [2.45, 2.75) is 58.6 Å². The average molecular weight is 462 g/mol. The molecule has 0 radical (unpaired) electrons. The van der Waals surface area contributed by atoms with E-state index >= 15 is 0 Å². The molecule has 1 aliphatic heterocycles. The van der Waals surface area contributed by atoms with Crippen LogP contribution in [0, 0.1) is 12.8 Å². The highest BCUT2D eigenvalue weighted by Crippen LogP contribution is 2.34. The molecule has 7 nitrogen and oxygen atoms in total. The molecule has 32 heavy (non-hydrogen) atoms. The molecule has 1 saturated heterocycles. The van der Waals surface area contributed by atoms with Crippen LogP contribution in [0.5, 0.6) is 11.7 Å². The molecule has 0 spiro atoms. The number of carbonyl (C=O) groups excluding carboxylic acids is 1. The molecule has 0 atom stereocenters. The number of carbonyl (C=O) groups is 1. The average Bonchev–Trinajstić information content (AvgIpc) is 3.37. The third kappa shape index (κ3) is 5.56. The van der Waals surface area contributed by atoms with Crippen LogP contribution in [0.2, 0.25) is 5.02 Å². The molecule has 174 valence electrons. The summed E-state index contributed by atoms with van der Waals surface area (Å²) in [7, 11) is 1.74. The van der Waals surface area contributed by atoms with Gasteiger partial charge in [-0.15, -0.1) is 0 Å². The van der Waals surface area contributed by atoms with Crippen LogP contribution in [0.3, 0.4) is 0 Å². The van der Waals surface area contributed by atoms with E-state index in [2.05, 4.69) is 16.0 Å². The number of nitrogens with zero attached hydrogens (tertiary/aromatic N) is 3. The molecule has 2 aliphatic rings. The van der Waals surface area contributed by atoms with E-state index in [0.717, 1.165) is 48.8 Å². The Hall–Kier alpha value is -2.25. The molecule has 1 aromatic heterocycles. The first-order valence-electron chi connectivity index (χ1n) is 11.5. The fraction of sp³-hybridized carbons (Fsp3) is 0.583. The first kappa shape index (κ1) is 22.9. The number of amides is 1. The van der Waals surface area contributed by atoms with Crippen molar-refractivity contribution in [3.8, 4) is 11.7 Å². The largest absolute Gasteiger partial charge is 0.490 e. The van der Waals surface area contributed by atoms with Crippen molar-refractivity contribution in [1.29, 1.82) is 0 Å². The monoisotopic (exact) mass is 461 g/mol. The molecule has 4 rings (SSSR count). The fourth-order valence-electron chi connectivity index (χ4n) is 4.32. The van der Waals surface area contributed by atoms with Crippen LogP contribution in [0.4, 0.5) is 4.79 Å². The Morgan fingerprint density at radius 2 is 2.06 bits per heavy atom. The lowest BCUT2D eigenvalue weighted by Gasteiger charge is -2.37. The molecule has 8 heteroatoms. The van der Waals surface area contributed by atoms with Gasteiger partial charge < -0.3 is 18.8 Å². The zero-order valence-electron chi connectivity index (χ0n) is 19.1. The second-order valence-corrected chi connectivity index (χ2v) is 9.30. The summed E-state index contributed by atoms with van der Waals surface area (Å²) >= 11 is 6.50. The van der Waals surface area contributed by atoms with Crippen molar-refractivity contribution < 1.29 is 18.7 Å². The summed E-state index contributed by atoms with van der Waals surface area (Å²) in [6.45, 7) is 7.53. The van der Waals surface area contributed by atoms with Gasteiger partial charge in [0.25, 0.3) is 0 Å². The summed E-state index contributed by atoms with van der Waals surface area (Å²) in [4.78, 5) is 20.6. The van der Waals surface area contributed by atoms with Crippen LogP contribution in [0.25, 0.3) is 0 Å². The summed E-state index contributed by atoms with van der Waals surface area (Å²) in [5, 5.41) is 0.765. The molecule has 2 heterocycles. The minimum atomic E-state index is -0.434. The second kappa shape index (κ2) is 10.1. The lowest BCUT2D eigenvalue weighted by molar-refractivity contribution is 0.0474. The van der Waals surface area contributed by atoms with Gasteiger partial charge in [-0.1, -0.05) is 24.6 Å². The summed E-state index contributed by atoms with van der Waals surface area (Å²) < 4.78 is 16.9. The lowest BCUT2D eigenvalue weighted by Crippen LogP contribution is -2.42. The maximum absolute atomic E-state index is 12.4. The Kier molecular flexibility index (Phi) is 7.26. The summed E-state index contributed by atoms with van der Waals surface area (Å²) in [6, 6.07) is 6.01. The standard InChI is InChI=1S/C24H32ClN3O4/c1-4-22-26-16(2)23(31-22)32-24(29)27(3)14-17-11-20(12-17)30-19-8-7-18(21(25)13-19)15-28-9-5-6-10-28/h7-8,13,17,20H,4-6,9-12,14-15H2,1-3H3. The van der Waals surface area contributed by atoms with Crippen LogP contribution in [-0.4, -0.2) is 53.7 Å². The summed E-state index contributed by atoms with van der Waals surface area (Å²) in [5.41, 5.74) is 1.74. The van der Waals surface area contributed by atoms with Gasteiger partial charge in [-0.3, -0.25) is 4.90 Å². The normalized spacial score (nSPS) is 20.8. The van der Waals surface area contributed by atoms with Gasteiger partial charge in [0, 0.05) is 31.6 Å². The molecule has 0 unspecified atom stereocenters. The molecule has 0 N–H and O–H groups in total. The van der Waals surface area contributed by atoms with Gasteiger partial charge in [0.05, 0.1) is 6.10 Å². The van der Waals surface area contributed by atoms with Crippen molar-refractivity contribution in [3.63, 3.8) is 0 Å². The van der Waals surface area contributed by atoms with Gasteiger partial charge in [0.2, 0.25) is 0 Å². The van der Waals surface area contributed by atoms with E-state index in [9.17, 15) is 4.79 Å². The van der Waals surface area contributed by atoms with Gasteiger partial charge >= 0.3 is 12.0 Å². The Balaban J connectivity index is 1.20.